The number of alkyl halides is 6. The molecule has 0 bridgehead atoms. The summed E-state index contributed by atoms with van der Waals surface area (Å²) in [5.41, 5.74) is -2.40. The number of hydrogen-bond acceptors (Lipinski definition) is 2. The number of benzene rings is 2. The Labute approximate surface area is 177 Å². The first-order chi connectivity index (χ1) is 14.4. The lowest BCUT2D eigenvalue weighted by Gasteiger charge is -2.41. The highest BCUT2D eigenvalue weighted by Crippen LogP contribution is 2.39. The van der Waals surface area contributed by atoms with Gasteiger partial charge in [-0.05, 0) is 61.6 Å². The fourth-order valence-electron chi connectivity index (χ4n) is 3.84. The van der Waals surface area contributed by atoms with E-state index in [1.54, 1.807) is 0 Å². The van der Waals surface area contributed by atoms with E-state index in [9.17, 15) is 26.3 Å². The average Bonchev–Trinajstić information content (AvgIpc) is 2.72. The fourth-order valence-corrected chi connectivity index (χ4v) is 3.84. The molecule has 170 valence electrons. The van der Waals surface area contributed by atoms with Crippen LogP contribution in [0, 0.1) is 5.92 Å². The topological polar surface area (TPSA) is 21.3 Å². The monoisotopic (exact) mass is 445 g/mol. The van der Waals surface area contributed by atoms with Crippen molar-refractivity contribution in [3.8, 4) is 0 Å². The molecule has 1 aliphatic heterocycles. The minimum atomic E-state index is -4.89. The summed E-state index contributed by atoms with van der Waals surface area (Å²) in [5, 5.41) is 3.49. The summed E-state index contributed by atoms with van der Waals surface area (Å²) in [7, 11) is 0. The van der Waals surface area contributed by atoms with Crippen molar-refractivity contribution in [1.29, 1.82) is 0 Å². The number of nitrogens with one attached hydrogen (secondary N) is 1. The third-order valence-electron chi connectivity index (χ3n) is 5.84. The lowest BCUT2D eigenvalue weighted by atomic mass is 9.80. The summed E-state index contributed by atoms with van der Waals surface area (Å²) >= 11 is 0. The molecule has 0 amide bonds. The summed E-state index contributed by atoms with van der Waals surface area (Å²) in [6, 6.07) is 11.1. The van der Waals surface area contributed by atoms with Gasteiger partial charge in [-0.25, -0.2) is 0 Å². The Morgan fingerprint density at radius 3 is 2.06 bits per heavy atom. The van der Waals surface area contributed by atoms with Crippen LogP contribution in [0.25, 0.3) is 0 Å². The van der Waals surface area contributed by atoms with Crippen LogP contribution >= 0.6 is 0 Å². The predicted molar refractivity (Wildman–Crippen MR) is 105 cm³/mol. The molecule has 1 aliphatic rings. The maximum atomic E-state index is 13.2. The molecule has 3 rings (SSSR count). The van der Waals surface area contributed by atoms with Gasteiger partial charge in [-0.3, -0.25) is 0 Å². The number of ether oxygens (including phenoxy) is 1. The molecule has 1 fully saturated rings. The van der Waals surface area contributed by atoms with Crippen LogP contribution in [-0.2, 0) is 22.6 Å². The van der Waals surface area contributed by atoms with E-state index < -0.39 is 35.1 Å². The van der Waals surface area contributed by atoms with Crippen molar-refractivity contribution in [2.24, 2.45) is 5.92 Å². The predicted octanol–water partition coefficient (Wildman–Crippen LogP) is 6.72. The summed E-state index contributed by atoms with van der Waals surface area (Å²) in [6.07, 6.45) is -9.04. The largest absolute Gasteiger partial charge is 0.416 e. The van der Waals surface area contributed by atoms with Gasteiger partial charge in [0.05, 0.1) is 29.4 Å². The highest BCUT2D eigenvalue weighted by molar-refractivity contribution is 5.35. The van der Waals surface area contributed by atoms with Gasteiger partial charge in [-0.2, -0.15) is 26.3 Å². The Bertz CT molecular complexity index is 838. The fraction of sp³-hybridized carbons (Fsp3) is 0.478. The van der Waals surface area contributed by atoms with Crippen LogP contribution in [0.1, 0.15) is 55.0 Å². The number of rotatable bonds is 5. The lowest BCUT2D eigenvalue weighted by Crippen LogP contribution is -2.51. The second-order valence-electron chi connectivity index (χ2n) is 8.27. The number of hydrogen-bond donors (Lipinski definition) is 1. The van der Waals surface area contributed by atoms with Crippen LogP contribution in [0.15, 0.2) is 48.5 Å². The zero-order valence-electron chi connectivity index (χ0n) is 17.3. The van der Waals surface area contributed by atoms with Crippen molar-refractivity contribution in [2.45, 2.75) is 50.7 Å². The summed E-state index contributed by atoms with van der Waals surface area (Å²) in [4.78, 5) is 0. The Morgan fingerprint density at radius 2 is 1.58 bits per heavy atom. The molecule has 0 spiro atoms. The van der Waals surface area contributed by atoms with Crippen LogP contribution in [0.2, 0.25) is 0 Å². The molecule has 0 saturated carbocycles. The van der Waals surface area contributed by atoms with Gasteiger partial charge < -0.3 is 10.1 Å². The van der Waals surface area contributed by atoms with Gasteiger partial charge in [-0.1, -0.05) is 37.3 Å². The molecule has 1 N–H and O–H groups in total. The third kappa shape index (κ3) is 5.60. The van der Waals surface area contributed by atoms with Gasteiger partial charge in [0.15, 0.2) is 0 Å². The van der Waals surface area contributed by atoms with E-state index in [1.807, 2.05) is 30.3 Å². The molecule has 8 heteroatoms. The molecule has 0 aliphatic carbocycles. The zero-order valence-corrected chi connectivity index (χ0v) is 17.3. The second-order valence-corrected chi connectivity index (χ2v) is 8.27. The van der Waals surface area contributed by atoms with Gasteiger partial charge in [0.2, 0.25) is 0 Å². The van der Waals surface area contributed by atoms with E-state index in [0.29, 0.717) is 5.92 Å². The first-order valence-corrected chi connectivity index (χ1v) is 10.1. The Kier molecular flexibility index (Phi) is 6.72. The van der Waals surface area contributed by atoms with Crippen LogP contribution in [0.3, 0.4) is 0 Å². The van der Waals surface area contributed by atoms with E-state index in [4.69, 9.17) is 4.74 Å². The van der Waals surface area contributed by atoms with Crippen LogP contribution in [-0.4, -0.2) is 13.2 Å². The van der Waals surface area contributed by atoms with E-state index in [0.717, 1.165) is 37.1 Å². The molecule has 0 radical (unpaired) electrons. The molecular formula is C23H25F6NO. The van der Waals surface area contributed by atoms with Crippen molar-refractivity contribution in [2.75, 3.05) is 13.2 Å². The molecule has 2 aromatic rings. The second kappa shape index (κ2) is 8.82. The van der Waals surface area contributed by atoms with E-state index in [1.165, 1.54) is 6.92 Å². The Morgan fingerprint density at radius 1 is 1.00 bits per heavy atom. The third-order valence-corrected chi connectivity index (χ3v) is 5.84. The van der Waals surface area contributed by atoms with E-state index >= 15 is 0 Å². The molecular weight excluding hydrogens is 420 g/mol. The van der Waals surface area contributed by atoms with Crippen molar-refractivity contribution < 1.29 is 31.1 Å². The maximum Gasteiger partial charge on any atom is 0.416 e. The molecule has 2 aromatic carbocycles. The van der Waals surface area contributed by atoms with Gasteiger partial charge in [0, 0.05) is 0 Å². The minimum Gasteiger partial charge on any atom is -0.372 e. The normalized spacial score (nSPS) is 23.5. The first kappa shape index (κ1) is 23.6. The van der Waals surface area contributed by atoms with Crippen LogP contribution in [0.5, 0.6) is 0 Å². The summed E-state index contributed by atoms with van der Waals surface area (Å²) < 4.78 is 85.0. The van der Waals surface area contributed by atoms with E-state index in [2.05, 4.69) is 12.2 Å². The molecule has 2 unspecified atom stereocenters. The molecule has 1 heterocycles. The van der Waals surface area contributed by atoms with Gasteiger partial charge in [-0.15, -0.1) is 0 Å². The van der Waals surface area contributed by atoms with E-state index in [-0.39, 0.29) is 18.2 Å². The Balaban J connectivity index is 1.87. The summed E-state index contributed by atoms with van der Waals surface area (Å²) in [6.45, 7) is 4.46. The highest BCUT2D eigenvalue weighted by Gasteiger charge is 2.39. The van der Waals surface area contributed by atoms with Crippen molar-refractivity contribution in [3.63, 3.8) is 0 Å². The van der Waals surface area contributed by atoms with Crippen molar-refractivity contribution in [3.05, 3.63) is 70.8 Å². The molecule has 31 heavy (non-hydrogen) atoms. The minimum absolute atomic E-state index is 0.127. The lowest BCUT2D eigenvalue weighted by molar-refractivity contribution is -0.143. The van der Waals surface area contributed by atoms with Crippen molar-refractivity contribution in [1.82, 2.24) is 5.32 Å². The molecule has 1 saturated heterocycles. The SMILES string of the molecule is CC(OCC1(c2ccccc2)CC[C@H](C)CN1)c1cc(C(F)(F)F)cc(C(F)(F)F)c1. The molecule has 3 atom stereocenters. The molecule has 2 nitrogen and oxygen atoms in total. The van der Waals surface area contributed by atoms with Gasteiger partial charge in [0.25, 0.3) is 0 Å². The summed E-state index contributed by atoms with van der Waals surface area (Å²) in [5.74, 6) is 0.465. The maximum absolute atomic E-state index is 13.2. The van der Waals surface area contributed by atoms with Crippen molar-refractivity contribution >= 4 is 0 Å². The highest BCUT2D eigenvalue weighted by atomic mass is 19.4. The first-order valence-electron chi connectivity index (χ1n) is 10.1. The molecule has 0 aromatic heterocycles. The van der Waals surface area contributed by atoms with Gasteiger partial charge >= 0.3 is 12.4 Å². The number of piperidine rings is 1. The quantitative estimate of drug-likeness (QED) is 0.516. The Hall–Kier alpha value is -2.06. The smallest absolute Gasteiger partial charge is 0.372 e. The van der Waals surface area contributed by atoms with Crippen LogP contribution < -0.4 is 5.32 Å². The van der Waals surface area contributed by atoms with Gasteiger partial charge in [0.1, 0.15) is 0 Å². The van der Waals surface area contributed by atoms with Crippen LogP contribution in [0.4, 0.5) is 26.3 Å². The standard InChI is InChI=1S/C23H25F6NO/c1-15-8-9-21(30-13-15,18-6-4-3-5-7-18)14-31-16(2)17-10-19(22(24,25)26)12-20(11-17)23(27,28)29/h3-7,10-12,15-16,30H,8-9,13-14H2,1-2H3/t15-,16?,21?/m0/s1. The average molecular weight is 445 g/mol. The number of halogens is 6. The zero-order chi connectivity index (χ0) is 22.9.